The van der Waals surface area contributed by atoms with Crippen LogP contribution in [0.2, 0.25) is 0 Å². The van der Waals surface area contributed by atoms with Crippen LogP contribution in [0.25, 0.3) is 0 Å². The molecule has 5 aliphatic carbocycles. The number of hydrogen-bond donors (Lipinski definition) is 1. The molecule has 5 fully saturated rings. The van der Waals surface area contributed by atoms with Crippen LogP contribution in [0.3, 0.4) is 0 Å². The van der Waals surface area contributed by atoms with Gasteiger partial charge < -0.3 is 5.32 Å². The van der Waals surface area contributed by atoms with Gasteiger partial charge in [0.05, 0.1) is 0 Å². The normalized spacial score (nSPS) is 37.2. The smallest absolute Gasteiger partial charge is 0.251 e. The van der Waals surface area contributed by atoms with E-state index in [1.54, 1.807) is 0 Å². The molecule has 5 aliphatic rings. The van der Waals surface area contributed by atoms with Crippen LogP contribution >= 0.6 is 0 Å². The molecule has 4 bridgehead atoms. The lowest BCUT2D eigenvalue weighted by Crippen LogP contribution is -2.49. The summed E-state index contributed by atoms with van der Waals surface area (Å²) < 4.78 is 0. The van der Waals surface area contributed by atoms with Gasteiger partial charge in [-0.05, 0) is 81.3 Å². The molecule has 25 heavy (non-hydrogen) atoms. The summed E-state index contributed by atoms with van der Waals surface area (Å²) in [5.41, 5.74) is 2.31. The minimum Gasteiger partial charge on any atom is -0.349 e. The largest absolute Gasteiger partial charge is 0.349 e. The highest BCUT2D eigenvalue weighted by atomic mass is 16.1. The van der Waals surface area contributed by atoms with E-state index in [9.17, 15) is 4.79 Å². The van der Waals surface area contributed by atoms with E-state index in [-0.39, 0.29) is 11.3 Å². The second-order valence-corrected chi connectivity index (χ2v) is 9.44. The highest BCUT2D eigenvalue weighted by Gasteiger charge is 2.52. The summed E-state index contributed by atoms with van der Waals surface area (Å²) in [6.07, 6.45) is 16.2. The summed E-state index contributed by atoms with van der Waals surface area (Å²) in [7, 11) is 0. The second-order valence-electron chi connectivity index (χ2n) is 9.44. The summed E-state index contributed by atoms with van der Waals surface area (Å²) in [5, 5.41) is 3.27. The van der Waals surface area contributed by atoms with Gasteiger partial charge in [0.2, 0.25) is 0 Å². The van der Waals surface area contributed by atoms with Gasteiger partial charge in [-0.1, -0.05) is 19.3 Å². The van der Waals surface area contributed by atoms with E-state index < -0.39 is 0 Å². The molecule has 0 aliphatic heterocycles. The van der Waals surface area contributed by atoms with Crippen molar-refractivity contribution in [3.63, 3.8) is 0 Å². The maximum absolute atomic E-state index is 12.8. The average Bonchev–Trinajstić information content (AvgIpc) is 2.61. The number of amides is 1. The molecule has 134 valence electrons. The van der Waals surface area contributed by atoms with Gasteiger partial charge in [0, 0.05) is 28.9 Å². The second kappa shape index (κ2) is 6.10. The average molecular weight is 338 g/mol. The number of carbonyl (C=O) groups is 1. The van der Waals surface area contributed by atoms with Crippen molar-refractivity contribution in [1.29, 1.82) is 0 Å². The highest BCUT2D eigenvalue weighted by Crippen LogP contribution is 2.60. The van der Waals surface area contributed by atoms with Gasteiger partial charge in [0.1, 0.15) is 0 Å². The van der Waals surface area contributed by atoms with Crippen molar-refractivity contribution in [2.45, 2.75) is 82.1 Å². The molecule has 5 saturated carbocycles. The van der Waals surface area contributed by atoms with E-state index in [1.807, 2.05) is 12.3 Å². The van der Waals surface area contributed by atoms with E-state index in [0.29, 0.717) is 6.04 Å². The third-order valence-electron chi connectivity index (χ3n) is 7.54. The van der Waals surface area contributed by atoms with E-state index in [0.717, 1.165) is 36.2 Å². The highest BCUT2D eigenvalue weighted by molar-refractivity contribution is 5.94. The van der Waals surface area contributed by atoms with Crippen LogP contribution in [0.15, 0.2) is 18.3 Å². The van der Waals surface area contributed by atoms with Crippen molar-refractivity contribution in [3.8, 4) is 0 Å². The fourth-order valence-corrected chi connectivity index (χ4v) is 6.80. The number of aromatic nitrogens is 1. The molecular formula is C22H30N2O. The summed E-state index contributed by atoms with van der Waals surface area (Å²) in [4.78, 5) is 17.5. The van der Waals surface area contributed by atoms with Gasteiger partial charge in [0.15, 0.2) is 0 Å². The zero-order valence-electron chi connectivity index (χ0n) is 15.2. The molecule has 3 nitrogen and oxygen atoms in total. The molecule has 1 N–H and O–H groups in total. The summed E-state index contributed by atoms with van der Waals surface area (Å²) in [5.74, 6) is 2.84. The van der Waals surface area contributed by atoms with Gasteiger partial charge in [-0.15, -0.1) is 0 Å². The first-order chi connectivity index (χ1) is 12.2. The van der Waals surface area contributed by atoms with Gasteiger partial charge in [0.25, 0.3) is 5.91 Å². The minimum absolute atomic E-state index is 0.111. The number of nitrogens with one attached hydrogen (secondary N) is 1. The Bertz CT molecular complexity index is 626. The summed E-state index contributed by atoms with van der Waals surface area (Å²) >= 11 is 0. The number of carbonyl (C=O) groups excluding carboxylic acids is 1. The van der Waals surface area contributed by atoms with E-state index >= 15 is 0 Å². The van der Waals surface area contributed by atoms with Crippen LogP contribution in [0.5, 0.6) is 0 Å². The Labute approximate surface area is 151 Å². The van der Waals surface area contributed by atoms with Gasteiger partial charge >= 0.3 is 0 Å². The number of hydrogen-bond acceptors (Lipinski definition) is 2. The van der Waals surface area contributed by atoms with E-state index in [1.165, 1.54) is 63.5 Å². The Morgan fingerprint density at radius 2 is 1.64 bits per heavy atom. The van der Waals surface area contributed by atoms with Crippen molar-refractivity contribution in [2.75, 3.05) is 0 Å². The Morgan fingerprint density at radius 3 is 2.28 bits per heavy atom. The molecule has 0 atom stereocenters. The predicted octanol–water partition coefficient (Wildman–Crippen LogP) is 4.61. The van der Waals surface area contributed by atoms with Crippen LogP contribution in [0.1, 0.15) is 86.7 Å². The quantitative estimate of drug-likeness (QED) is 0.874. The Kier molecular flexibility index (Phi) is 3.87. The van der Waals surface area contributed by atoms with Crippen molar-refractivity contribution < 1.29 is 4.79 Å². The molecular weight excluding hydrogens is 308 g/mol. The standard InChI is InChI=1S/C22H30N2O/c25-21(24-19-4-2-1-3-5-19)18-6-7-23-20(11-18)22-12-15-8-16(13-22)10-17(9-15)14-22/h6-7,11,15-17,19H,1-5,8-10,12-14H2,(H,24,25). The Hall–Kier alpha value is -1.38. The fourth-order valence-electron chi connectivity index (χ4n) is 6.80. The zero-order valence-corrected chi connectivity index (χ0v) is 15.2. The van der Waals surface area contributed by atoms with Crippen LogP contribution in [-0.4, -0.2) is 16.9 Å². The summed E-state index contributed by atoms with van der Waals surface area (Å²) in [6, 6.07) is 4.41. The first kappa shape index (κ1) is 15.8. The Morgan fingerprint density at radius 1 is 1.00 bits per heavy atom. The number of pyridine rings is 1. The van der Waals surface area contributed by atoms with Gasteiger partial charge in [-0.25, -0.2) is 0 Å². The van der Waals surface area contributed by atoms with Crippen molar-refractivity contribution in [3.05, 3.63) is 29.6 Å². The van der Waals surface area contributed by atoms with Crippen LogP contribution < -0.4 is 5.32 Å². The van der Waals surface area contributed by atoms with Crippen molar-refractivity contribution >= 4 is 5.91 Å². The monoisotopic (exact) mass is 338 g/mol. The molecule has 1 aromatic rings. The number of nitrogens with zero attached hydrogens (tertiary/aromatic N) is 1. The third kappa shape index (κ3) is 2.90. The maximum atomic E-state index is 12.8. The topological polar surface area (TPSA) is 42.0 Å². The van der Waals surface area contributed by atoms with E-state index in [4.69, 9.17) is 4.98 Å². The maximum Gasteiger partial charge on any atom is 0.251 e. The minimum atomic E-state index is 0.111. The molecule has 1 heterocycles. The van der Waals surface area contributed by atoms with Crippen LogP contribution in [0.4, 0.5) is 0 Å². The molecule has 3 heteroatoms. The van der Waals surface area contributed by atoms with E-state index in [2.05, 4.69) is 11.4 Å². The molecule has 0 radical (unpaired) electrons. The zero-order chi connectivity index (χ0) is 16.9. The molecule has 6 rings (SSSR count). The molecule has 0 unspecified atom stereocenters. The molecule has 0 spiro atoms. The molecule has 1 aromatic heterocycles. The molecule has 0 saturated heterocycles. The van der Waals surface area contributed by atoms with Crippen molar-refractivity contribution in [2.24, 2.45) is 17.8 Å². The first-order valence-corrected chi connectivity index (χ1v) is 10.5. The van der Waals surface area contributed by atoms with Crippen molar-refractivity contribution in [1.82, 2.24) is 10.3 Å². The summed E-state index contributed by atoms with van der Waals surface area (Å²) in [6.45, 7) is 0. The van der Waals surface area contributed by atoms with Gasteiger partial charge in [-0.3, -0.25) is 9.78 Å². The molecule has 1 amide bonds. The number of rotatable bonds is 3. The lowest BCUT2D eigenvalue weighted by molar-refractivity contribution is -0.00722. The predicted molar refractivity (Wildman–Crippen MR) is 98.4 cm³/mol. The van der Waals surface area contributed by atoms with Crippen LogP contribution in [0, 0.1) is 17.8 Å². The third-order valence-corrected chi connectivity index (χ3v) is 7.54. The van der Waals surface area contributed by atoms with Gasteiger partial charge in [-0.2, -0.15) is 0 Å². The fraction of sp³-hybridized carbons (Fsp3) is 0.727. The first-order valence-electron chi connectivity index (χ1n) is 10.5. The Balaban J connectivity index is 1.37. The molecule has 0 aromatic carbocycles. The van der Waals surface area contributed by atoms with Crippen LogP contribution in [-0.2, 0) is 5.41 Å². The lowest BCUT2D eigenvalue weighted by Gasteiger charge is -2.56. The lowest BCUT2D eigenvalue weighted by atomic mass is 9.48. The SMILES string of the molecule is O=C(NC1CCCCC1)c1ccnc(C23CC4CC(CC(C4)C2)C3)c1.